The standard InChI is InChI=1S/C11H22N2O/c1-8(7-12)6-11(14)13(3)9(2)10-4-5-10/h8-10H,4-7,12H2,1-3H3. The van der Waals surface area contributed by atoms with E-state index in [1.54, 1.807) is 0 Å². The Balaban J connectivity index is 2.34. The first-order valence-corrected chi connectivity index (χ1v) is 5.52. The van der Waals surface area contributed by atoms with Crippen molar-refractivity contribution in [3.63, 3.8) is 0 Å². The summed E-state index contributed by atoms with van der Waals surface area (Å²) in [5, 5.41) is 0. The molecule has 1 amide bonds. The average molecular weight is 198 g/mol. The Bertz CT molecular complexity index is 201. The molecule has 0 aromatic heterocycles. The SMILES string of the molecule is CC(CN)CC(=O)N(C)C(C)C1CC1. The first-order valence-electron chi connectivity index (χ1n) is 5.52. The highest BCUT2D eigenvalue weighted by Crippen LogP contribution is 2.34. The number of hydrogen-bond donors (Lipinski definition) is 1. The van der Waals surface area contributed by atoms with Crippen molar-refractivity contribution in [1.82, 2.24) is 4.90 Å². The summed E-state index contributed by atoms with van der Waals surface area (Å²) < 4.78 is 0. The van der Waals surface area contributed by atoms with Crippen LogP contribution in [0.4, 0.5) is 0 Å². The summed E-state index contributed by atoms with van der Waals surface area (Å²) >= 11 is 0. The van der Waals surface area contributed by atoms with E-state index in [2.05, 4.69) is 6.92 Å². The summed E-state index contributed by atoms with van der Waals surface area (Å²) in [4.78, 5) is 13.6. The molecule has 2 N–H and O–H groups in total. The summed E-state index contributed by atoms with van der Waals surface area (Å²) in [6, 6.07) is 0.410. The zero-order valence-electron chi connectivity index (χ0n) is 9.49. The smallest absolute Gasteiger partial charge is 0.222 e. The number of rotatable bonds is 5. The Morgan fingerprint density at radius 1 is 1.50 bits per heavy atom. The molecule has 0 aromatic carbocycles. The number of amides is 1. The van der Waals surface area contributed by atoms with Gasteiger partial charge >= 0.3 is 0 Å². The van der Waals surface area contributed by atoms with Gasteiger partial charge in [0.05, 0.1) is 0 Å². The lowest BCUT2D eigenvalue weighted by molar-refractivity contribution is -0.132. The summed E-state index contributed by atoms with van der Waals surface area (Å²) in [5.74, 6) is 1.29. The Labute approximate surface area is 86.6 Å². The predicted octanol–water partition coefficient (Wildman–Crippen LogP) is 1.23. The second-order valence-corrected chi connectivity index (χ2v) is 4.63. The van der Waals surface area contributed by atoms with Crippen LogP contribution in [0.25, 0.3) is 0 Å². The van der Waals surface area contributed by atoms with Gasteiger partial charge in [-0.2, -0.15) is 0 Å². The minimum Gasteiger partial charge on any atom is -0.343 e. The maximum absolute atomic E-state index is 11.8. The van der Waals surface area contributed by atoms with Crippen molar-refractivity contribution in [3.05, 3.63) is 0 Å². The van der Waals surface area contributed by atoms with Crippen LogP contribution < -0.4 is 5.73 Å². The van der Waals surface area contributed by atoms with Crippen LogP contribution in [0, 0.1) is 11.8 Å². The van der Waals surface area contributed by atoms with E-state index in [1.165, 1.54) is 12.8 Å². The van der Waals surface area contributed by atoms with Gasteiger partial charge in [-0.1, -0.05) is 6.92 Å². The largest absolute Gasteiger partial charge is 0.343 e. The van der Waals surface area contributed by atoms with Gasteiger partial charge in [0.2, 0.25) is 5.91 Å². The third kappa shape index (κ3) is 2.98. The zero-order valence-corrected chi connectivity index (χ0v) is 9.49. The van der Waals surface area contributed by atoms with Crippen molar-refractivity contribution in [2.45, 2.75) is 39.2 Å². The molecule has 2 atom stereocenters. The predicted molar refractivity (Wildman–Crippen MR) is 57.8 cm³/mol. The molecule has 1 rings (SSSR count). The van der Waals surface area contributed by atoms with E-state index < -0.39 is 0 Å². The fourth-order valence-electron chi connectivity index (χ4n) is 1.65. The Morgan fingerprint density at radius 3 is 2.50 bits per heavy atom. The average Bonchev–Trinajstić information content (AvgIpc) is 2.98. The molecule has 14 heavy (non-hydrogen) atoms. The highest BCUT2D eigenvalue weighted by molar-refractivity contribution is 5.76. The zero-order chi connectivity index (χ0) is 10.7. The van der Waals surface area contributed by atoms with Gasteiger partial charge < -0.3 is 10.6 Å². The van der Waals surface area contributed by atoms with Crippen molar-refractivity contribution < 1.29 is 4.79 Å². The van der Waals surface area contributed by atoms with Gasteiger partial charge in [-0.25, -0.2) is 0 Å². The van der Waals surface area contributed by atoms with E-state index in [0.29, 0.717) is 24.9 Å². The van der Waals surface area contributed by atoms with Gasteiger partial charge in [0.15, 0.2) is 0 Å². The van der Waals surface area contributed by atoms with Gasteiger partial charge in [0.25, 0.3) is 0 Å². The van der Waals surface area contributed by atoms with Crippen LogP contribution in [-0.4, -0.2) is 30.4 Å². The lowest BCUT2D eigenvalue weighted by Gasteiger charge is -2.26. The van der Waals surface area contributed by atoms with Crippen molar-refractivity contribution in [2.24, 2.45) is 17.6 Å². The third-order valence-electron chi connectivity index (χ3n) is 3.23. The van der Waals surface area contributed by atoms with Crippen LogP contribution in [-0.2, 0) is 4.79 Å². The lowest BCUT2D eigenvalue weighted by atomic mass is 10.1. The molecule has 82 valence electrons. The minimum atomic E-state index is 0.238. The number of nitrogens with zero attached hydrogens (tertiary/aromatic N) is 1. The van der Waals surface area contributed by atoms with Crippen LogP contribution in [0.15, 0.2) is 0 Å². The second kappa shape index (κ2) is 4.78. The Morgan fingerprint density at radius 2 is 2.07 bits per heavy atom. The van der Waals surface area contributed by atoms with Crippen molar-refractivity contribution in [3.8, 4) is 0 Å². The molecule has 2 unspecified atom stereocenters. The quantitative estimate of drug-likeness (QED) is 0.722. The molecule has 0 saturated heterocycles. The van der Waals surface area contributed by atoms with Gasteiger partial charge in [0, 0.05) is 19.5 Å². The fraction of sp³-hybridized carbons (Fsp3) is 0.909. The molecule has 1 saturated carbocycles. The van der Waals surface area contributed by atoms with Crippen LogP contribution in [0.5, 0.6) is 0 Å². The molecule has 1 aliphatic rings. The first kappa shape index (κ1) is 11.5. The van der Waals surface area contributed by atoms with Gasteiger partial charge in [-0.3, -0.25) is 4.79 Å². The van der Waals surface area contributed by atoms with Gasteiger partial charge in [0.1, 0.15) is 0 Å². The van der Waals surface area contributed by atoms with E-state index in [4.69, 9.17) is 5.73 Å². The maximum Gasteiger partial charge on any atom is 0.222 e. The van der Waals surface area contributed by atoms with Crippen LogP contribution in [0.3, 0.4) is 0 Å². The second-order valence-electron chi connectivity index (χ2n) is 4.63. The molecule has 0 aromatic rings. The van der Waals surface area contributed by atoms with Crippen molar-refractivity contribution in [1.29, 1.82) is 0 Å². The molecular weight excluding hydrogens is 176 g/mol. The van der Waals surface area contributed by atoms with Crippen LogP contribution in [0.2, 0.25) is 0 Å². The minimum absolute atomic E-state index is 0.238. The first-order chi connectivity index (χ1) is 6.56. The van der Waals surface area contributed by atoms with Crippen molar-refractivity contribution in [2.75, 3.05) is 13.6 Å². The molecule has 0 aliphatic heterocycles. The van der Waals surface area contributed by atoms with Crippen molar-refractivity contribution >= 4 is 5.91 Å². The Hall–Kier alpha value is -0.570. The highest BCUT2D eigenvalue weighted by atomic mass is 16.2. The molecule has 0 spiro atoms. The number of carbonyl (C=O) groups excluding carboxylic acids is 1. The monoisotopic (exact) mass is 198 g/mol. The number of carbonyl (C=O) groups is 1. The number of hydrogen-bond acceptors (Lipinski definition) is 2. The molecular formula is C11H22N2O. The molecule has 3 heteroatoms. The highest BCUT2D eigenvalue weighted by Gasteiger charge is 2.32. The molecule has 3 nitrogen and oxygen atoms in total. The maximum atomic E-state index is 11.8. The summed E-state index contributed by atoms with van der Waals surface area (Å²) in [6.45, 7) is 4.76. The lowest BCUT2D eigenvalue weighted by Crippen LogP contribution is -2.37. The fourth-order valence-corrected chi connectivity index (χ4v) is 1.65. The van der Waals surface area contributed by atoms with Crippen LogP contribution in [0.1, 0.15) is 33.1 Å². The summed E-state index contributed by atoms with van der Waals surface area (Å²) in [6.07, 6.45) is 3.15. The van der Waals surface area contributed by atoms with Gasteiger partial charge in [-0.15, -0.1) is 0 Å². The topological polar surface area (TPSA) is 46.3 Å². The normalized spacial score (nSPS) is 20.3. The third-order valence-corrected chi connectivity index (χ3v) is 3.23. The Kier molecular flexibility index (Phi) is 3.93. The molecule has 0 heterocycles. The van der Waals surface area contributed by atoms with E-state index in [-0.39, 0.29) is 5.91 Å². The molecule has 0 bridgehead atoms. The van der Waals surface area contributed by atoms with Crippen LogP contribution >= 0.6 is 0 Å². The summed E-state index contributed by atoms with van der Waals surface area (Å²) in [7, 11) is 1.91. The molecule has 1 aliphatic carbocycles. The van der Waals surface area contributed by atoms with E-state index in [0.717, 1.165) is 5.92 Å². The van der Waals surface area contributed by atoms with Gasteiger partial charge in [-0.05, 0) is 38.1 Å². The summed E-state index contributed by atoms with van der Waals surface area (Å²) in [5.41, 5.74) is 5.50. The van der Waals surface area contributed by atoms with E-state index in [9.17, 15) is 4.79 Å². The molecule has 1 fully saturated rings. The molecule has 0 radical (unpaired) electrons. The van der Waals surface area contributed by atoms with E-state index in [1.807, 2.05) is 18.9 Å². The van der Waals surface area contributed by atoms with E-state index >= 15 is 0 Å². The number of nitrogens with two attached hydrogens (primary N) is 1.